The fraction of sp³-hybridized carbons (Fsp3) is 0.133. The van der Waals surface area contributed by atoms with Crippen LogP contribution in [0.1, 0.15) is 17.3 Å². The molecule has 0 atom stereocenters. The molecule has 0 unspecified atom stereocenters. The third-order valence-corrected chi connectivity index (χ3v) is 2.74. The fourth-order valence-electron chi connectivity index (χ4n) is 1.85. The van der Waals surface area contributed by atoms with Gasteiger partial charge in [0.15, 0.2) is 5.78 Å². The molecule has 3 heteroatoms. The predicted molar refractivity (Wildman–Crippen MR) is 68.4 cm³/mol. The summed E-state index contributed by atoms with van der Waals surface area (Å²) in [4.78, 5) is 11.6. The SMILES string of the molecule is COc1cccc(-c2cc(F)ccc2C(C)=O)c1. The maximum Gasteiger partial charge on any atom is 0.160 e. The van der Waals surface area contributed by atoms with E-state index in [1.807, 2.05) is 12.1 Å². The van der Waals surface area contributed by atoms with Crippen molar-refractivity contribution in [2.75, 3.05) is 7.11 Å². The summed E-state index contributed by atoms with van der Waals surface area (Å²) in [5.41, 5.74) is 1.85. The summed E-state index contributed by atoms with van der Waals surface area (Å²) in [6.45, 7) is 1.47. The van der Waals surface area contributed by atoms with Gasteiger partial charge >= 0.3 is 0 Å². The van der Waals surface area contributed by atoms with Crippen LogP contribution in [0.15, 0.2) is 42.5 Å². The van der Waals surface area contributed by atoms with Crippen LogP contribution in [0.4, 0.5) is 4.39 Å². The van der Waals surface area contributed by atoms with Crippen molar-refractivity contribution in [1.29, 1.82) is 0 Å². The minimum atomic E-state index is -0.363. The van der Waals surface area contributed by atoms with Crippen molar-refractivity contribution in [3.05, 3.63) is 53.8 Å². The maximum atomic E-state index is 13.3. The minimum absolute atomic E-state index is 0.0900. The van der Waals surface area contributed by atoms with Gasteiger partial charge in [-0.2, -0.15) is 0 Å². The van der Waals surface area contributed by atoms with E-state index in [2.05, 4.69) is 0 Å². The van der Waals surface area contributed by atoms with E-state index in [-0.39, 0.29) is 11.6 Å². The van der Waals surface area contributed by atoms with Gasteiger partial charge in [0.1, 0.15) is 11.6 Å². The zero-order valence-electron chi connectivity index (χ0n) is 10.2. The molecular weight excluding hydrogens is 231 g/mol. The van der Waals surface area contributed by atoms with E-state index in [9.17, 15) is 9.18 Å². The van der Waals surface area contributed by atoms with E-state index < -0.39 is 0 Å². The molecule has 0 amide bonds. The molecule has 92 valence electrons. The van der Waals surface area contributed by atoms with Crippen LogP contribution in [0.5, 0.6) is 5.75 Å². The summed E-state index contributed by atoms with van der Waals surface area (Å²) in [7, 11) is 1.57. The Morgan fingerprint density at radius 1 is 1.17 bits per heavy atom. The first-order chi connectivity index (χ1) is 8.61. The molecule has 0 aliphatic heterocycles. The Morgan fingerprint density at radius 3 is 2.61 bits per heavy atom. The normalized spacial score (nSPS) is 10.2. The monoisotopic (exact) mass is 244 g/mol. The van der Waals surface area contributed by atoms with Gasteiger partial charge in [0.25, 0.3) is 0 Å². The number of ketones is 1. The summed E-state index contributed by atoms with van der Waals surface area (Å²) in [5.74, 6) is 0.219. The number of hydrogen-bond donors (Lipinski definition) is 0. The average Bonchev–Trinajstić information content (AvgIpc) is 2.38. The molecule has 18 heavy (non-hydrogen) atoms. The van der Waals surface area contributed by atoms with Crippen LogP contribution in [-0.2, 0) is 0 Å². The molecule has 0 aromatic heterocycles. The van der Waals surface area contributed by atoms with E-state index in [4.69, 9.17) is 4.74 Å². The van der Waals surface area contributed by atoms with Crippen LogP contribution in [0.2, 0.25) is 0 Å². The molecule has 0 aliphatic rings. The summed E-state index contributed by atoms with van der Waals surface area (Å²) in [5, 5.41) is 0. The predicted octanol–water partition coefficient (Wildman–Crippen LogP) is 3.70. The molecule has 0 N–H and O–H groups in total. The average molecular weight is 244 g/mol. The summed E-state index contributed by atoms with van der Waals surface area (Å²) >= 11 is 0. The van der Waals surface area contributed by atoms with E-state index in [0.717, 1.165) is 5.56 Å². The highest BCUT2D eigenvalue weighted by Gasteiger charge is 2.10. The van der Waals surface area contributed by atoms with Crippen molar-refractivity contribution >= 4 is 5.78 Å². The molecule has 0 saturated heterocycles. The van der Waals surface area contributed by atoms with E-state index in [0.29, 0.717) is 16.9 Å². The highest BCUT2D eigenvalue weighted by atomic mass is 19.1. The number of halogens is 1. The molecule has 0 radical (unpaired) electrons. The van der Waals surface area contributed by atoms with Crippen molar-refractivity contribution in [3.63, 3.8) is 0 Å². The molecule has 2 aromatic rings. The van der Waals surface area contributed by atoms with Crippen LogP contribution in [-0.4, -0.2) is 12.9 Å². The topological polar surface area (TPSA) is 26.3 Å². The molecule has 2 nitrogen and oxygen atoms in total. The number of methoxy groups -OCH3 is 1. The summed E-state index contributed by atoms with van der Waals surface area (Å²) in [6.07, 6.45) is 0. The highest BCUT2D eigenvalue weighted by molar-refractivity contribution is 6.00. The van der Waals surface area contributed by atoms with Gasteiger partial charge in [0.2, 0.25) is 0 Å². The molecule has 0 aliphatic carbocycles. The van der Waals surface area contributed by atoms with E-state index in [1.165, 1.54) is 25.1 Å². The minimum Gasteiger partial charge on any atom is -0.497 e. The number of carbonyl (C=O) groups excluding carboxylic acids is 1. The first-order valence-corrected chi connectivity index (χ1v) is 5.56. The zero-order chi connectivity index (χ0) is 13.1. The molecule has 0 spiro atoms. The Labute approximate surface area is 105 Å². The van der Waals surface area contributed by atoms with Gasteiger partial charge in [0, 0.05) is 5.56 Å². The van der Waals surface area contributed by atoms with Gasteiger partial charge < -0.3 is 4.74 Å². The van der Waals surface area contributed by atoms with Crippen molar-refractivity contribution < 1.29 is 13.9 Å². The number of Topliss-reactive ketones (excluding diaryl/α,β-unsaturated/α-hetero) is 1. The van der Waals surface area contributed by atoms with Gasteiger partial charge in [-0.05, 0) is 48.4 Å². The number of ether oxygens (including phenoxy) is 1. The van der Waals surface area contributed by atoms with Crippen LogP contribution in [0.25, 0.3) is 11.1 Å². The molecule has 0 saturated carbocycles. The van der Waals surface area contributed by atoms with E-state index >= 15 is 0 Å². The molecular formula is C15H13FO2. The smallest absolute Gasteiger partial charge is 0.160 e. The van der Waals surface area contributed by atoms with Crippen LogP contribution < -0.4 is 4.74 Å². The Morgan fingerprint density at radius 2 is 1.94 bits per heavy atom. The van der Waals surface area contributed by atoms with Crippen molar-refractivity contribution in [3.8, 4) is 16.9 Å². The lowest BCUT2D eigenvalue weighted by atomic mass is 9.97. The largest absolute Gasteiger partial charge is 0.497 e. The van der Waals surface area contributed by atoms with Crippen molar-refractivity contribution in [2.45, 2.75) is 6.92 Å². The molecule has 0 fully saturated rings. The molecule has 2 rings (SSSR count). The number of carbonyl (C=O) groups is 1. The Kier molecular flexibility index (Phi) is 3.42. The maximum absolute atomic E-state index is 13.3. The Balaban J connectivity index is 2.61. The first-order valence-electron chi connectivity index (χ1n) is 5.56. The third kappa shape index (κ3) is 2.40. The van der Waals surface area contributed by atoms with Gasteiger partial charge in [-0.15, -0.1) is 0 Å². The second-order valence-corrected chi connectivity index (χ2v) is 3.98. The number of rotatable bonds is 3. The van der Waals surface area contributed by atoms with Crippen LogP contribution in [0, 0.1) is 5.82 Å². The number of benzene rings is 2. The van der Waals surface area contributed by atoms with Gasteiger partial charge in [-0.25, -0.2) is 4.39 Å². The van der Waals surface area contributed by atoms with Crippen LogP contribution in [0.3, 0.4) is 0 Å². The van der Waals surface area contributed by atoms with Crippen LogP contribution >= 0.6 is 0 Å². The lowest BCUT2D eigenvalue weighted by molar-refractivity contribution is 0.101. The molecule has 0 bridgehead atoms. The first kappa shape index (κ1) is 12.3. The van der Waals surface area contributed by atoms with Crippen molar-refractivity contribution in [2.24, 2.45) is 0 Å². The van der Waals surface area contributed by atoms with Crippen molar-refractivity contribution in [1.82, 2.24) is 0 Å². The number of hydrogen-bond acceptors (Lipinski definition) is 2. The highest BCUT2D eigenvalue weighted by Crippen LogP contribution is 2.28. The van der Waals surface area contributed by atoms with Gasteiger partial charge in [0.05, 0.1) is 7.11 Å². The second kappa shape index (κ2) is 5.00. The van der Waals surface area contributed by atoms with Gasteiger partial charge in [-0.1, -0.05) is 12.1 Å². The Bertz CT molecular complexity index is 591. The Hall–Kier alpha value is -2.16. The zero-order valence-corrected chi connectivity index (χ0v) is 10.2. The lowest BCUT2D eigenvalue weighted by Gasteiger charge is -2.09. The second-order valence-electron chi connectivity index (χ2n) is 3.98. The quantitative estimate of drug-likeness (QED) is 0.769. The van der Waals surface area contributed by atoms with E-state index in [1.54, 1.807) is 19.2 Å². The summed E-state index contributed by atoms with van der Waals surface area (Å²) < 4.78 is 18.5. The fourth-order valence-corrected chi connectivity index (χ4v) is 1.85. The summed E-state index contributed by atoms with van der Waals surface area (Å²) in [6, 6.07) is 11.4. The molecule has 0 heterocycles. The third-order valence-electron chi connectivity index (χ3n) is 2.74. The standard InChI is InChI=1S/C15H13FO2/c1-10(17)14-7-6-12(16)9-15(14)11-4-3-5-13(8-11)18-2/h3-9H,1-2H3. The lowest BCUT2D eigenvalue weighted by Crippen LogP contribution is -1.97. The van der Waals surface area contributed by atoms with Gasteiger partial charge in [-0.3, -0.25) is 4.79 Å². The molecule has 2 aromatic carbocycles.